The zero-order valence-electron chi connectivity index (χ0n) is 16.8. The van der Waals surface area contributed by atoms with Crippen LogP contribution in [-0.2, 0) is 11.2 Å². The van der Waals surface area contributed by atoms with Gasteiger partial charge in [-0.25, -0.2) is 0 Å². The normalized spacial score (nSPS) is 12.7. The molecule has 142 valence electrons. The SMILES string of the molecule is C=CCc1cccc(OC)c1OCCC(C)CCCC(C)(C)OCC. The van der Waals surface area contributed by atoms with Crippen molar-refractivity contribution in [3.8, 4) is 11.5 Å². The van der Waals surface area contributed by atoms with Gasteiger partial charge in [-0.05, 0) is 52.0 Å². The fourth-order valence-corrected chi connectivity index (χ4v) is 3.05. The summed E-state index contributed by atoms with van der Waals surface area (Å²) in [6.07, 6.45) is 7.21. The highest BCUT2D eigenvalue weighted by atomic mass is 16.5. The highest BCUT2D eigenvalue weighted by Crippen LogP contribution is 2.32. The number of hydrogen-bond donors (Lipinski definition) is 0. The molecule has 25 heavy (non-hydrogen) atoms. The third kappa shape index (κ3) is 7.96. The lowest BCUT2D eigenvalue weighted by Crippen LogP contribution is -2.24. The molecule has 0 bridgehead atoms. The molecule has 0 N–H and O–H groups in total. The Morgan fingerprint density at radius 3 is 2.64 bits per heavy atom. The van der Waals surface area contributed by atoms with Gasteiger partial charge in [0.05, 0.1) is 19.3 Å². The van der Waals surface area contributed by atoms with E-state index < -0.39 is 0 Å². The Labute approximate surface area is 154 Å². The number of methoxy groups -OCH3 is 1. The molecule has 0 saturated carbocycles. The van der Waals surface area contributed by atoms with Crippen LogP contribution in [0.15, 0.2) is 30.9 Å². The third-order valence-electron chi connectivity index (χ3n) is 4.51. The topological polar surface area (TPSA) is 27.7 Å². The van der Waals surface area contributed by atoms with Crippen LogP contribution < -0.4 is 9.47 Å². The first-order valence-corrected chi connectivity index (χ1v) is 9.47. The van der Waals surface area contributed by atoms with Crippen molar-refractivity contribution >= 4 is 0 Å². The van der Waals surface area contributed by atoms with Crippen LogP contribution in [-0.4, -0.2) is 25.9 Å². The number of para-hydroxylation sites is 1. The summed E-state index contributed by atoms with van der Waals surface area (Å²) in [6.45, 7) is 14.0. The molecule has 1 unspecified atom stereocenters. The van der Waals surface area contributed by atoms with Crippen molar-refractivity contribution < 1.29 is 14.2 Å². The summed E-state index contributed by atoms with van der Waals surface area (Å²) in [5.41, 5.74) is 1.11. The smallest absolute Gasteiger partial charge is 0.164 e. The first-order chi connectivity index (χ1) is 11.9. The lowest BCUT2D eigenvalue weighted by Gasteiger charge is -2.25. The Morgan fingerprint density at radius 1 is 1.24 bits per heavy atom. The number of allylic oxidation sites excluding steroid dienone is 1. The second-order valence-corrected chi connectivity index (χ2v) is 7.27. The van der Waals surface area contributed by atoms with Crippen LogP contribution in [0.4, 0.5) is 0 Å². The first kappa shape index (κ1) is 21.6. The van der Waals surface area contributed by atoms with Crippen LogP contribution >= 0.6 is 0 Å². The molecule has 0 spiro atoms. The Morgan fingerprint density at radius 2 is 2.00 bits per heavy atom. The Bertz CT molecular complexity index is 508. The van der Waals surface area contributed by atoms with E-state index in [0.717, 1.165) is 42.9 Å². The zero-order chi connectivity index (χ0) is 18.7. The molecule has 1 atom stereocenters. The highest BCUT2D eigenvalue weighted by molar-refractivity contribution is 5.47. The average Bonchev–Trinajstić information content (AvgIpc) is 2.56. The minimum atomic E-state index is -0.0119. The summed E-state index contributed by atoms with van der Waals surface area (Å²) in [4.78, 5) is 0. The summed E-state index contributed by atoms with van der Waals surface area (Å²) in [5, 5.41) is 0. The molecule has 0 aliphatic heterocycles. The molecule has 0 aromatic heterocycles. The first-order valence-electron chi connectivity index (χ1n) is 9.47. The highest BCUT2D eigenvalue weighted by Gasteiger charge is 2.17. The van der Waals surface area contributed by atoms with E-state index in [9.17, 15) is 0 Å². The maximum atomic E-state index is 6.07. The number of rotatable bonds is 13. The molecule has 1 aromatic carbocycles. The summed E-state index contributed by atoms with van der Waals surface area (Å²) in [5.74, 6) is 2.29. The van der Waals surface area contributed by atoms with Crippen molar-refractivity contribution in [3.63, 3.8) is 0 Å². The predicted octanol–water partition coefficient (Wildman–Crippen LogP) is 5.81. The molecule has 0 radical (unpaired) electrons. The van der Waals surface area contributed by atoms with E-state index in [1.165, 1.54) is 12.8 Å². The van der Waals surface area contributed by atoms with E-state index in [0.29, 0.717) is 12.5 Å². The Hall–Kier alpha value is -1.48. The fraction of sp³-hybridized carbons (Fsp3) is 0.636. The van der Waals surface area contributed by atoms with Crippen LogP contribution in [0.5, 0.6) is 11.5 Å². The number of hydrogen-bond acceptors (Lipinski definition) is 3. The van der Waals surface area contributed by atoms with Gasteiger partial charge in [-0.15, -0.1) is 6.58 Å². The van der Waals surface area contributed by atoms with Gasteiger partial charge in [0.2, 0.25) is 0 Å². The lowest BCUT2D eigenvalue weighted by atomic mass is 9.95. The van der Waals surface area contributed by atoms with Crippen LogP contribution in [0.1, 0.15) is 58.9 Å². The van der Waals surface area contributed by atoms with Crippen LogP contribution in [0, 0.1) is 5.92 Å². The van der Waals surface area contributed by atoms with Crippen LogP contribution in [0.2, 0.25) is 0 Å². The van der Waals surface area contributed by atoms with Gasteiger partial charge in [0, 0.05) is 12.2 Å². The summed E-state index contributed by atoms with van der Waals surface area (Å²) in [7, 11) is 1.68. The molecule has 1 rings (SSSR count). The summed E-state index contributed by atoms with van der Waals surface area (Å²) in [6, 6.07) is 6.01. The van der Waals surface area contributed by atoms with Crippen molar-refractivity contribution in [2.75, 3.05) is 20.3 Å². The Balaban J connectivity index is 2.43. The molecule has 0 fully saturated rings. The Kier molecular flexibility index (Phi) is 9.66. The van der Waals surface area contributed by atoms with E-state index >= 15 is 0 Å². The molecular formula is C22H36O3. The molecular weight excluding hydrogens is 312 g/mol. The van der Waals surface area contributed by atoms with Crippen molar-refractivity contribution in [2.24, 2.45) is 5.92 Å². The van der Waals surface area contributed by atoms with Gasteiger partial charge in [0.15, 0.2) is 11.5 Å². The largest absolute Gasteiger partial charge is 0.493 e. The van der Waals surface area contributed by atoms with E-state index in [1.54, 1.807) is 7.11 Å². The second-order valence-electron chi connectivity index (χ2n) is 7.27. The fourth-order valence-electron chi connectivity index (χ4n) is 3.05. The quantitative estimate of drug-likeness (QED) is 0.421. The van der Waals surface area contributed by atoms with Crippen LogP contribution in [0.25, 0.3) is 0 Å². The van der Waals surface area contributed by atoms with Gasteiger partial charge in [-0.3, -0.25) is 0 Å². The summed E-state index contributed by atoms with van der Waals surface area (Å²) < 4.78 is 17.3. The average molecular weight is 349 g/mol. The minimum Gasteiger partial charge on any atom is -0.493 e. The van der Waals surface area contributed by atoms with Crippen molar-refractivity contribution in [1.29, 1.82) is 0 Å². The van der Waals surface area contributed by atoms with Gasteiger partial charge in [-0.1, -0.05) is 38.0 Å². The molecule has 0 aliphatic carbocycles. The van der Waals surface area contributed by atoms with Gasteiger partial charge in [0.1, 0.15) is 0 Å². The monoisotopic (exact) mass is 348 g/mol. The van der Waals surface area contributed by atoms with Crippen LogP contribution in [0.3, 0.4) is 0 Å². The van der Waals surface area contributed by atoms with Crippen molar-refractivity contribution in [3.05, 3.63) is 36.4 Å². The van der Waals surface area contributed by atoms with Gasteiger partial charge in [-0.2, -0.15) is 0 Å². The number of ether oxygens (including phenoxy) is 3. The van der Waals surface area contributed by atoms with Crippen molar-refractivity contribution in [2.45, 2.75) is 65.4 Å². The molecule has 0 aliphatic rings. The van der Waals surface area contributed by atoms with E-state index in [-0.39, 0.29) is 5.60 Å². The predicted molar refractivity (Wildman–Crippen MR) is 106 cm³/mol. The van der Waals surface area contributed by atoms with Crippen molar-refractivity contribution in [1.82, 2.24) is 0 Å². The van der Waals surface area contributed by atoms with E-state index in [1.807, 2.05) is 18.2 Å². The number of benzene rings is 1. The summed E-state index contributed by atoms with van der Waals surface area (Å²) >= 11 is 0. The molecule has 3 nitrogen and oxygen atoms in total. The third-order valence-corrected chi connectivity index (χ3v) is 4.51. The van der Waals surface area contributed by atoms with Gasteiger partial charge in [0.25, 0.3) is 0 Å². The van der Waals surface area contributed by atoms with E-state index in [4.69, 9.17) is 14.2 Å². The maximum Gasteiger partial charge on any atom is 0.164 e. The van der Waals surface area contributed by atoms with Gasteiger partial charge >= 0.3 is 0 Å². The lowest BCUT2D eigenvalue weighted by molar-refractivity contribution is -0.0183. The van der Waals surface area contributed by atoms with Gasteiger partial charge < -0.3 is 14.2 Å². The zero-order valence-corrected chi connectivity index (χ0v) is 16.8. The minimum absolute atomic E-state index is 0.0119. The molecule has 3 heteroatoms. The molecule has 0 saturated heterocycles. The molecule has 1 aromatic rings. The molecule has 0 heterocycles. The maximum absolute atomic E-state index is 6.07. The second kappa shape index (κ2) is 11.2. The van der Waals surface area contributed by atoms with E-state index in [2.05, 4.69) is 40.3 Å². The standard InChI is InChI=1S/C22H36O3/c1-7-11-19-13-9-14-20(23-6)21(19)24-17-15-18(3)12-10-16-22(4,5)25-8-2/h7,9,13-14,18H,1,8,10-12,15-17H2,2-6H3. The molecule has 0 amide bonds.